The van der Waals surface area contributed by atoms with Crippen molar-refractivity contribution in [3.05, 3.63) is 23.8 Å². The monoisotopic (exact) mass is 310 g/mol. The molecule has 2 atom stereocenters. The first-order valence-electron chi connectivity index (χ1n) is 6.98. The highest BCUT2D eigenvalue weighted by Crippen LogP contribution is 2.25. The van der Waals surface area contributed by atoms with Crippen LogP contribution >= 0.6 is 0 Å². The first kappa shape index (κ1) is 17.9. The fraction of sp³-hybridized carbons (Fsp3) is 0.467. The molecule has 7 heteroatoms. The van der Waals surface area contributed by atoms with E-state index >= 15 is 0 Å². The Morgan fingerprint density at radius 2 is 1.68 bits per heavy atom. The predicted molar refractivity (Wildman–Crippen MR) is 80.0 cm³/mol. The van der Waals surface area contributed by atoms with E-state index < -0.39 is 24.0 Å². The molecule has 0 radical (unpaired) electrons. The maximum absolute atomic E-state index is 11.8. The van der Waals surface area contributed by atoms with Crippen LogP contribution in [-0.4, -0.2) is 34.2 Å². The molecule has 0 fully saturated rings. The number of benzene rings is 1. The fourth-order valence-corrected chi connectivity index (χ4v) is 1.89. The van der Waals surface area contributed by atoms with Crippen LogP contribution in [-0.2, 0) is 20.7 Å². The van der Waals surface area contributed by atoms with E-state index in [9.17, 15) is 19.8 Å². The molecule has 0 bridgehead atoms. The van der Waals surface area contributed by atoms with Crippen molar-refractivity contribution in [2.75, 3.05) is 0 Å². The number of nitrogens with two attached hydrogens (primary N) is 2. The second-order valence-corrected chi connectivity index (χ2v) is 5.61. The summed E-state index contributed by atoms with van der Waals surface area (Å²) in [5.41, 5.74) is 11.8. The molecule has 122 valence electrons. The third kappa shape index (κ3) is 5.34. The molecule has 22 heavy (non-hydrogen) atoms. The average molecular weight is 310 g/mol. The number of carbonyl (C=O) groups is 2. The number of ether oxygens (including phenoxy) is 1. The molecule has 0 saturated carbocycles. The molecule has 0 aliphatic carbocycles. The van der Waals surface area contributed by atoms with E-state index in [0.29, 0.717) is 12.0 Å². The van der Waals surface area contributed by atoms with Gasteiger partial charge in [-0.1, -0.05) is 19.9 Å². The lowest BCUT2D eigenvalue weighted by molar-refractivity contribution is -0.161. The van der Waals surface area contributed by atoms with Gasteiger partial charge in [-0.3, -0.25) is 0 Å². The third-order valence-electron chi connectivity index (χ3n) is 3.03. The van der Waals surface area contributed by atoms with Gasteiger partial charge in [0.1, 0.15) is 12.1 Å². The van der Waals surface area contributed by atoms with E-state index in [-0.39, 0.29) is 23.8 Å². The van der Waals surface area contributed by atoms with Gasteiger partial charge < -0.3 is 26.4 Å². The minimum atomic E-state index is -1.07. The minimum absolute atomic E-state index is 0.0549. The van der Waals surface area contributed by atoms with Crippen molar-refractivity contribution in [1.29, 1.82) is 0 Å². The first-order valence-corrected chi connectivity index (χ1v) is 6.98. The fourth-order valence-electron chi connectivity index (χ4n) is 1.89. The summed E-state index contributed by atoms with van der Waals surface area (Å²) in [7, 11) is 0. The minimum Gasteiger partial charge on any atom is -0.504 e. The topological polar surface area (TPSA) is 136 Å². The van der Waals surface area contributed by atoms with Crippen LogP contribution in [0.15, 0.2) is 18.2 Å². The maximum atomic E-state index is 11.8. The van der Waals surface area contributed by atoms with Gasteiger partial charge in [0.25, 0.3) is 0 Å². The quantitative estimate of drug-likeness (QED) is 0.339. The van der Waals surface area contributed by atoms with Gasteiger partial charge in [-0.05, 0) is 36.5 Å². The highest BCUT2D eigenvalue weighted by Gasteiger charge is 2.24. The summed E-state index contributed by atoms with van der Waals surface area (Å²) in [5.74, 6) is -2.06. The number of esters is 2. The summed E-state index contributed by atoms with van der Waals surface area (Å²) < 4.78 is 4.66. The van der Waals surface area contributed by atoms with Crippen molar-refractivity contribution in [1.82, 2.24) is 0 Å². The molecule has 6 N–H and O–H groups in total. The van der Waals surface area contributed by atoms with E-state index in [0.717, 1.165) is 0 Å². The smallest absolute Gasteiger partial charge is 0.330 e. The number of phenols is 2. The number of carbonyl (C=O) groups excluding carboxylic acids is 2. The third-order valence-corrected chi connectivity index (χ3v) is 3.03. The summed E-state index contributed by atoms with van der Waals surface area (Å²) in [5, 5.41) is 18.6. The number of phenolic OH excluding ortho intramolecular Hbond substituents is 2. The van der Waals surface area contributed by atoms with Gasteiger partial charge in [0.15, 0.2) is 11.5 Å². The van der Waals surface area contributed by atoms with Crippen LogP contribution in [0.4, 0.5) is 0 Å². The van der Waals surface area contributed by atoms with E-state index in [1.807, 2.05) is 13.8 Å². The Morgan fingerprint density at radius 3 is 2.23 bits per heavy atom. The zero-order valence-corrected chi connectivity index (χ0v) is 12.7. The van der Waals surface area contributed by atoms with Gasteiger partial charge in [0.2, 0.25) is 0 Å². The lowest BCUT2D eigenvalue weighted by Crippen LogP contribution is -2.41. The van der Waals surface area contributed by atoms with Crippen molar-refractivity contribution in [2.24, 2.45) is 17.4 Å². The molecule has 7 nitrogen and oxygen atoms in total. The summed E-state index contributed by atoms with van der Waals surface area (Å²) in [6, 6.07) is 2.14. The lowest BCUT2D eigenvalue weighted by Gasteiger charge is -2.15. The van der Waals surface area contributed by atoms with Crippen LogP contribution in [0.2, 0.25) is 0 Å². The summed E-state index contributed by atoms with van der Waals surface area (Å²) in [4.78, 5) is 23.4. The van der Waals surface area contributed by atoms with Crippen molar-refractivity contribution >= 4 is 11.9 Å². The van der Waals surface area contributed by atoms with Gasteiger partial charge in [-0.25, -0.2) is 9.59 Å². The van der Waals surface area contributed by atoms with Crippen LogP contribution in [0.1, 0.15) is 25.8 Å². The summed E-state index contributed by atoms with van der Waals surface area (Å²) >= 11 is 0. The van der Waals surface area contributed by atoms with Gasteiger partial charge in [0.05, 0.1) is 0 Å². The van der Waals surface area contributed by atoms with Crippen molar-refractivity contribution in [3.63, 3.8) is 0 Å². The van der Waals surface area contributed by atoms with Crippen molar-refractivity contribution < 1.29 is 24.5 Å². The Hall–Kier alpha value is -2.12. The Kier molecular flexibility index (Phi) is 6.33. The molecular formula is C15H22N2O5. The number of aromatic hydroxyl groups is 2. The molecule has 0 aliphatic heterocycles. The van der Waals surface area contributed by atoms with E-state index in [2.05, 4.69) is 4.74 Å². The van der Waals surface area contributed by atoms with Gasteiger partial charge >= 0.3 is 11.9 Å². The van der Waals surface area contributed by atoms with Crippen molar-refractivity contribution in [3.8, 4) is 11.5 Å². The average Bonchev–Trinajstić information content (AvgIpc) is 2.41. The Labute approximate surface area is 128 Å². The summed E-state index contributed by atoms with van der Waals surface area (Å²) in [6.45, 7) is 3.80. The van der Waals surface area contributed by atoms with Crippen LogP contribution in [0.25, 0.3) is 0 Å². The van der Waals surface area contributed by atoms with Crippen LogP contribution in [0, 0.1) is 5.92 Å². The Balaban J connectivity index is 2.57. The molecule has 1 aromatic carbocycles. The first-order chi connectivity index (χ1) is 10.2. The van der Waals surface area contributed by atoms with Gasteiger partial charge in [-0.2, -0.15) is 0 Å². The molecule has 1 rings (SSSR count). The molecule has 1 aromatic rings. The maximum Gasteiger partial charge on any atom is 0.330 e. The number of hydrogen-bond acceptors (Lipinski definition) is 7. The largest absolute Gasteiger partial charge is 0.504 e. The molecule has 0 saturated heterocycles. The van der Waals surface area contributed by atoms with E-state index in [4.69, 9.17) is 11.5 Å². The molecule has 0 heterocycles. The second kappa shape index (κ2) is 7.77. The van der Waals surface area contributed by atoms with E-state index in [1.54, 1.807) is 0 Å². The Morgan fingerprint density at radius 1 is 1.09 bits per heavy atom. The zero-order chi connectivity index (χ0) is 16.9. The molecule has 0 amide bonds. The van der Waals surface area contributed by atoms with Crippen LogP contribution in [0.5, 0.6) is 11.5 Å². The van der Waals surface area contributed by atoms with Gasteiger partial charge in [-0.15, -0.1) is 0 Å². The van der Waals surface area contributed by atoms with Gasteiger partial charge in [0, 0.05) is 0 Å². The molecule has 0 spiro atoms. The lowest BCUT2D eigenvalue weighted by atomic mass is 10.0. The molecule has 0 unspecified atom stereocenters. The van der Waals surface area contributed by atoms with Crippen LogP contribution in [0.3, 0.4) is 0 Å². The normalized spacial score (nSPS) is 13.7. The Bertz CT molecular complexity index is 545. The molecule has 0 aliphatic rings. The van der Waals surface area contributed by atoms with Crippen LogP contribution < -0.4 is 11.5 Å². The number of rotatable bonds is 6. The zero-order valence-electron chi connectivity index (χ0n) is 12.7. The predicted octanol–water partition coefficient (Wildman–Crippen LogP) is 0.411. The second-order valence-electron chi connectivity index (χ2n) is 5.61. The number of hydrogen-bond donors (Lipinski definition) is 4. The molecular weight excluding hydrogens is 288 g/mol. The van der Waals surface area contributed by atoms with Crippen molar-refractivity contribution in [2.45, 2.75) is 38.8 Å². The standard InChI is InChI=1S/C15H22N2O5/c1-8(2)5-10(16)14(20)22-15(21)11(17)6-9-3-4-12(18)13(19)7-9/h3-4,7-8,10-11,18-19H,5-6,16-17H2,1-2H3/t10-,11-/m0/s1. The molecule has 0 aromatic heterocycles. The SMILES string of the molecule is CC(C)C[C@H](N)C(=O)OC(=O)[C@@H](N)Cc1ccc(O)c(O)c1. The van der Waals surface area contributed by atoms with E-state index in [1.165, 1.54) is 18.2 Å². The highest BCUT2D eigenvalue weighted by atomic mass is 16.6. The summed E-state index contributed by atoms with van der Waals surface area (Å²) in [6.07, 6.45) is 0.465. The highest BCUT2D eigenvalue weighted by molar-refractivity contribution is 5.90.